The molecule has 0 N–H and O–H groups in total. The van der Waals surface area contributed by atoms with E-state index in [0.717, 1.165) is 11.8 Å². The summed E-state index contributed by atoms with van der Waals surface area (Å²) in [6.07, 6.45) is 0. The Balaban J connectivity index is 2.13. The molecular weight excluding hydrogens is 272 g/mol. The summed E-state index contributed by atoms with van der Waals surface area (Å²) in [5.74, 6) is -0.274. The van der Waals surface area contributed by atoms with Crippen LogP contribution in [0.15, 0.2) is 27.8 Å². The van der Waals surface area contributed by atoms with Crippen LogP contribution in [0.5, 0.6) is 0 Å². The molecule has 8 heteroatoms. The number of aromatic nitrogens is 1. The van der Waals surface area contributed by atoms with Crippen LogP contribution in [0.25, 0.3) is 11.1 Å². The highest BCUT2D eigenvalue weighted by Gasteiger charge is 2.13. The molecule has 19 heavy (non-hydrogen) atoms. The van der Waals surface area contributed by atoms with Crippen molar-refractivity contribution in [2.24, 2.45) is 0 Å². The number of nitro groups is 1. The molecule has 1 aromatic carbocycles. The van der Waals surface area contributed by atoms with Gasteiger partial charge in [-0.3, -0.25) is 14.9 Å². The number of esters is 1. The van der Waals surface area contributed by atoms with E-state index < -0.39 is 4.92 Å². The number of carbonyl (C=O) groups is 1. The number of nitro benzene ring substituents is 1. The van der Waals surface area contributed by atoms with E-state index in [4.69, 9.17) is 9.15 Å². The minimum absolute atomic E-state index is 0.0643. The van der Waals surface area contributed by atoms with E-state index in [2.05, 4.69) is 4.98 Å². The van der Waals surface area contributed by atoms with Gasteiger partial charge in [0.05, 0.1) is 17.6 Å². The van der Waals surface area contributed by atoms with Gasteiger partial charge < -0.3 is 9.15 Å². The Bertz CT molecular complexity index is 625. The second-order valence-corrected chi connectivity index (χ2v) is 4.41. The van der Waals surface area contributed by atoms with Crippen LogP contribution in [0, 0.1) is 10.1 Å². The summed E-state index contributed by atoms with van der Waals surface area (Å²) in [6, 6.07) is 4.16. The van der Waals surface area contributed by atoms with E-state index >= 15 is 0 Å². The lowest BCUT2D eigenvalue weighted by Crippen LogP contribution is -2.06. The maximum absolute atomic E-state index is 11.2. The summed E-state index contributed by atoms with van der Waals surface area (Å²) in [5.41, 5.74) is 0.767. The van der Waals surface area contributed by atoms with Crippen molar-refractivity contribution in [1.29, 1.82) is 0 Å². The Morgan fingerprint density at radius 1 is 1.58 bits per heavy atom. The van der Waals surface area contributed by atoms with Gasteiger partial charge in [0.15, 0.2) is 5.58 Å². The Labute approximate surface area is 112 Å². The average molecular weight is 282 g/mol. The number of hydrogen-bond donors (Lipinski definition) is 0. The number of oxazole rings is 1. The van der Waals surface area contributed by atoms with Gasteiger partial charge >= 0.3 is 5.97 Å². The van der Waals surface area contributed by atoms with Gasteiger partial charge in [-0.15, -0.1) is 0 Å². The summed E-state index contributed by atoms with van der Waals surface area (Å²) < 4.78 is 10.1. The first-order valence-corrected chi connectivity index (χ1v) is 6.42. The number of ether oxygens (including phenoxy) is 1. The van der Waals surface area contributed by atoms with Crippen molar-refractivity contribution in [1.82, 2.24) is 4.98 Å². The average Bonchev–Trinajstić information content (AvgIpc) is 2.78. The van der Waals surface area contributed by atoms with E-state index in [1.54, 1.807) is 6.92 Å². The number of carbonyl (C=O) groups excluding carboxylic acids is 1. The fraction of sp³-hybridized carbons (Fsp3) is 0.273. The number of benzene rings is 1. The fourth-order valence-corrected chi connectivity index (χ4v) is 2.03. The molecular formula is C11H10N2O5S. The minimum Gasteiger partial charge on any atom is -0.465 e. The summed E-state index contributed by atoms with van der Waals surface area (Å²) in [7, 11) is 0. The largest absolute Gasteiger partial charge is 0.465 e. The zero-order valence-corrected chi connectivity index (χ0v) is 10.8. The molecule has 7 nitrogen and oxygen atoms in total. The Kier molecular flexibility index (Phi) is 4.00. The highest BCUT2D eigenvalue weighted by atomic mass is 32.2. The van der Waals surface area contributed by atoms with Crippen molar-refractivity contribution in [3.05, 3.63) is 28.3 Å². The molecule has 0 amide bonds. The molecule has 0 saturated heterocycles. The maximum Gasteiger partial charge on any atom is 0.316 e. The molecule has 0 saturated carbocycles. The molecule has 0 unspecified atom stereocenters. The van der Waals surface area contributed by atoms with Crippen LogP contribution < -0.4 is 0 Å². The highest BCUT2D eigenvalue weighted by Crippen LogP contribution is 2.26. The summed E-state index contributed by atoms with van der Waals surface area (Å²) in [4.78, 5) is 25.4. The molecule has 1 heterocycles. The fourth-order valence-electron chi connectivity index (χ4n) is 1.39. The van der Waals surface area contributed by atoms with Gasteiger partial charge in [0, 0.05) is 6.07 Å². The first-order chi connectivity index (χ1) is 9.10. The molecule has 0 aliphatic rings. The van der Waals surface area contributed by atoms with Crippen molar-refractivity contribution < 1.29 is 18.9 Å². The number of non-ortho nitro benzene ring substituents is 1. The van der Waals surface area contributed by atoms with Gasteiger partial charge in [-0.2, -0.15) is 0 Å². The number of fused-ring (bicyclic) bond motifs is 1. The van der Waals surface area contributed by atoms with Crippen LogP contribution in [-0.4, -0.2) is 28.2 Å². The minimum atomic E-state index is -0.507. The Morgan fingerprint density at radius 2 is 2.37 bits per heavy atom. The Morgan fingerprint density at radius 3 is 3.05 bits per heavy atom. The second kappa shape index (κ2) is 5.70. The van der Waals surface area contributed by atoms with Crippen molar-refractivity contribution in [3.63, 3.8) is 0 Å². The first-order valence-electron chi connectivity index (χ1n) is 5.43. The van der Waals surface area contributed by atoms with E-state index in [0.29, 0.717) is 17.7 Å². The van der Waals surface area contributed by atoms with Gasteiger partial charge in [0.2, 0.25) is 0 Å². The molecule has 0 aliphatic carbocycles. The van der Waals surface area contributed by atoms with Gasteiger partial charge in [0.25, 0.3) is 10.9 Å². The lowest BCUT2D eigenvalue weighted by atomic mass is 10.3. The number of thioether (sulfide) groups is 1. The van der Waals surface area contributed by atoms with Crippen molar-refractivity contribution in [2.45, 2.75) is 12.1 Å². The topological polar surface area (TPSA) is 95.5 Å². The number of hydrogen-bond acceptors (Lipinski definition) is 7. The SMILES string of the molecule is CCOC(=O)CSc1nc2ccc([N+](=O)[O-])cc2o1. The molecule has 1 aromatic heterocycles. The van der Waals surface area contributed by atoms with E-state index in [-0.39, 0.29) is 22.6 Å². The lowest BCUT2D eigenvalue weighted by Gasteiger charge is -1.97. The molecule has 2 rings (SSSR count). The van der Waals surface area contributed by atoms with Crippen LogP contribution in [0.1, 0.15) is 6.92 Å². The molecule has 0 spiro atoms. The summed E-state index contributed by atoms with van der Waals surface area (Å²) in [5, 5.41) is 10.9. The summed E-state index contributed by atoms with van der Waals surface area (Å²) in [6.45, 7) is 2.04. The quantitative estimate of drug-likeness (QED) is 0.359. The van der Waals surface area contributed by atoms with Gasteiger partial charge in [0.1, 0.15) is 11.3 Å². The van der Waals surface area contributed by atoms with Crippen LogP contribution in [-0.2, 0) is 9.53 Å². The zero-order chi connectivity index (χ0) is 13.8. The zero-order valence-electron chi connectivity index (χ0n) is 9.99. The number of nitrogens with zero attached hydrogens (tertiary/aromatic N) is 2. The third-order valence-electron chi connectivity index (χ3n) is 2.18. The first kappa shape index (κ1) is 13.3. The normalized spacial score (nSPS) is 10.6. The third-order valence-corrected chi connectivity index (χ3v) is 2.98. The van der Waals surface area contributed by atoms with Crippen LogP contribution in [0.3, 0.4) is 0 Å². The lowest BCUT2D eigenvalue weighted by molar-refractivity contribution is -0.384. The van der Waals surface area contributed by atoms with E-state index in [1.165, 1.54) is 18.2 Å². The molecule has 0 atom stereocenters. The monoisotopic (exact) mass is 282 g/mol. The Hall–Kier alpha value is -2.09. The van der Waals surface area contributed by atoms with Gasteiger partial charge in [-0.1, -0.05) is 11.8 Å². The molecule has 0 radical (unpaired) electrons. The van der Waals surface area contributed by atoms with Crippen molar-refractivity contribution in [2.75, 3.05) is 12.4 Å². The molecule has 0 aliphatic heterocycles. The van der Waals surface area contributed by atoms with Gasteiger partial charge in [-0.25, -0.2) is 4.98 Å². The molecule has 2 aromatic rings. The third kappa shape index (κ3) is 3.22. The van der Waals surface area contributed by atoms with Crippen LogP contribution in [0.2, 0.25) is 0 Å². The molecule has 100 valence electrons. The predicted molar refractivity (Wildman–Crippen MR) is 68.0 cm³/mol. The van der Waals surface area contributed by atoms with E-state index in [9.17, 15) is 14.9 Å². The number of rotatable bonds is 5. The van der Waals surface area contributed by atoms with Crippen LogP contribution in [0.4, 0.5) is 5.69 Å². The standard InChI is InChI=1S/C11H10N2O5S/c1-2-17-10(14)6-19-11-12-8-4-3-7(13(15)16)5-9(8)18-11/h3-5H,2,6H2,1H3. The summed E-state index contributed by atoms with van der Waals surface area (Å²) >= 11 is 1.09. The van der Waals surface area contributed by atoms with Crippen LogP contribution >= 0.6 is 11.8 Å². The molecule has 0 bridgehead atoms. The second-order valence-electron chi connectivity index (χ2n) is 3.48. The predicted octanol–water partition coefficient (Wildman–Crippen LogP) is 2.39. The van der Waals surface area contributed by atoms with E-state index in [1.807, 2.05) is 0 Å². The van der Waals surface area contributed by atoms with Gasteiger partial charge in [-0.05, 0) is 13.0 Å². The smallest absolute Gasteiger partial charge is 0.316 e. The van der Waals surface area contributed by atoms with Crippen molar-refractivity contribution >= 4 is 34.5 Å². The molecule has 0 fully saturated rings. The highest BCUT2D eigenvalue weighted by molar-refractivity contribution is 7.99. The van der Waals surface area contributed by atoms with Crippen molar-refractivity contribution in [3.8, 4) is 0 Å². The maximum atomic E-state index is 11.2.